The Balaban J connectivity index is 1.72. The lowest BCUT2D eigenvalue weighted by molar-refractivity contribution is 0.0510. The Hall–Kier alpha value is -4.92. The van der Waals surface area contributed by atoms with Crippen molar-refractivity contribution in [3.8, 4) is 0 Å². The van der Waals surface area contributed by atoms with Crippen molar-refractivity contribution in [1.29, 1.82) is 0 Å². The number of anilines is 2. The summed E-state index contributed by atoms with van der Waals surface area (Å²) in [7, 11) is 1.89. The standard InChI is InChI=1S/C31H31N5O4/c1-4-39-30(37)22-16-24-26(28(34-22)32-18-20-12-8-6-9-13-20)27-25(36(24)3)17-23(31(38)40-5-2)35-29(27)33-19-21-14-10-7-11-15-21/h6-17H,4-5,18-19H2,1-3H3,(H,32,34)(H,33,35). The number of esters is 2. The highest BCUT2D eigenvalue weighted by atomic mass is 16.5. The fraction of sp³-hybridized carbons (Fsp3) is 0.226. The summed E-state index contributed by atoms with van der Waals surface area (Å²) in [6.45, 7) is 4.98. The molecule has 0 aliphatic carbocycles. The highest BCUT2D eigenvalue weighted by Gasteiger charge is 2.24. The van der Waals surface area contributed by atoms with Crippen LogP contribution in [-0.4, -0.2) is 39.7 Å². The number of nitrogens with zero attached hydrogens (tertiary/aromatic N) is 3. The Bertz CT molecular complexity index is 1540. The number of rotatable bonds is 10. The lowest BCUT2D eigenvalue weighted by atomic mass is 10.1. The molecule has 0 atom stereocenters. The van der Waals surface area contributed by atoms with Gasteiger partial charge in [-0.3, -0.25) is 0 Å². The molecule has 0 fully saturated rings. The molecular formula is C31H31N5O4. The third kappa shape index (κ3) is 5.44. The van der Waals surface area contributed by atoms with Crippen LogP contribution < -0.4 is 10.6 Å². The van der Waals surface area contributed by atoms with Gasteiger partial charge in [-0.2, -0.15) is 0 Å². The molecule has 0 bridgehead atoms. The molecule has 0 aliphatic rings. The van der Waals surface area contributed by atoms with E-state index in [1.165, 1.54) is 0 Å². The van der Waals surface area contributed by atoms with Gasteiger partial charge < -0.3 is 24.7 Å². The Morgan fingerprint density at radius 2 is 1.10 bits per heavy atom. The van der Waals surface area contributed by atoms with Gasteiger partial charge >= 0.3 is 11.9 Å². The number of aromatic nitrogens is 3. The van der Waals surface area contributed by atoms with Gasteiger partial charge in [-0.05, 0) is 37.1 Å². The predicted octanol–water partition coefficient (Wildman–Crippen LogP) is 5.70. The molecule has 9 nitrogen and oxygen atoms in total. The number of pyridine rings is 2. The third-order valence-corrected chi connectivity index (χ3v) is 6.54. The zero-order valence-corrected chi connectivity index (χ0v) is 22.7. The van der Waals surface area contributed by atoms with Crippen molar-refractivity contribution >= 4 is 45.4 Å². The fourth-order valence-corrected chi connectivity index (χ4v) is 4.65. The van der Waals surface area contributed by atoms with Gasteiger partial charge in [0.1, 0.15) is 11.6 Å². The average Bonchev–Trinajstić information content (AvgIpc) is 3.27. The lowest BCUT2D eigenvalue weighted by Crippen LogP contribution is -2.11. The molecule has 0 saturated heterocycles. The first kappa shape index (κ1) is 26.7. The lowest BCUT2D eigenvalue weighted by Gasteiger charge is -2.12. The summed E-state index contributed by atoms with van der Waals surface area (Å²) in [5, 5.41) is 8.41. The summed E-state index contributed by atoms with van der Waals surface area (Å²) in [6.07, 6.45) is 0. The first-order valence-electron chi connectivity index (χ1n) is 13.2. The molecule has 0 radical (unpaired) electrons. The van der Waals surface area contributed by atoms with Crippen molar-refractivity contribution in [2.45, 2.75) is 26.9 Å². The van der Waals surface area contributed by atoms with E-state index in [9.17, 15) is 9.59 Å². The Labute approximate surface area is 232 Å². The topological polar surface area (TPSA) is 107 Å². The number of carbonyl (C=O) groups is 2. The van der Waals surface area contributed by atoms with Gasteiger partial charge in [-0.25, -0.2) is 19.6 Å². The van der Waals surface area contributed by atoms with E-state index in [4.69, 9.17) is 19.4 Å². The van der Waals surface area contributed by atoms with Crippen molar-refractivity contribution in [3.63, 3.8) is 0 Å². The number of fused-ring (bicyclic) bond motifs is 3. The quantitative estimate of drug-likeness (QED) is 0.219. The van der Waals surface area contributed by atoms with E-state index < -0.39 is 11.9 Å². The zero-order chi connectivity index (χ0) is 28.1. The summed E-state index contributed by atoms with van der Waals surface area (Å²) in [6, 6.07) is 23.3. The Morgan fingerprint density at radius 3 is 1.48 bits per heavy atom. The molecule has 3 heterocycles. The Kier molecular flexibility index (Phi) is 7.91. The van der Waals surface area contributed by atoms with Crippen LogP contribution in [0.2, 0.25) is 0 Å². The molecule has 0 unspecified atom stereocenters. The highest BCUT2D eigenvalue weighted by Crippen LogP contribution is 2.38. The third-order valence-electron chi connectivity index (χ3n) is 6.54. The molecule has 9 heteroatoms. The summed E-state index contributed by atoms with van der Waals surface area (Å²) in [4.78, 5) is 34.9. The first-order chi connectivity index (χ1) is 19.5. The minimum atomic E-state index is -0.509. The van der Waals surface area contributed by atoms with Crippen LogP contribution in [0.5, 0.6) is 0 Å². The summed E-state index contributed by atoms with van der Waals surface area (Å²) in [5.74, 6) is 0.0160. The van der Waals surface area contributed by atoms with Crippen molar-refractivity contribution < 1.29 is 19.1 Å². The number of benzene rings is 2. The normalized spacial score (nSPS) is 11.0. The minimum absolute atomic E-state index is 0.188. The Morgan fingerprint density at radius 1 is 0.700 bits per heavy atom. The number of aryl methyl sites for hydroxylation is 1. The van der Waals surface area contributed by atoms with Crippen molar-refractivity contribution in [3.05, 3.63) is 95.3 Å². The van der Waals surface area contributed by atoms with E-state index in [2.05, 4.69) is 10.6 Å². The van der Waals surface area contributed by atoms with Gasteiger partial charge in [-0.1, -0.05) is 60.7 Å². The second-order valence-electron chi connectivity index (χ2n) is 9.18. The molecule has 5 aromatic rings. The van der Waals surface area contributed by atoms with Gasteiger partial charge in [0.25, 0.3) is 0 Å². The van der Waals surface area contributed by atoms with Crippen LogP contribution in [0.4, 0.5) is 11.6 Å². The van der Waals surface area contributed by atoms with Crippen LogP contribution in [0.15, 0.2) is 72.8 Å². The molecule has 2 N–H and O–H groups in total. The molecule has 0 aliphatic heterocycles. The van der Waals surface area contributed by atoms with E-state index in [1.807, 2.05) is 72.3 Å². The van der Waals surface area contributed by atoms with Gasteiger partial charge in [0.15, 0.2) is 11.4 Å². The van der Waals surface area contributed by atoms with Gasteiger partial charge in [0.2, 0.25) is 0 Å². The van der Waals surface area contributed by atoms with Crippen LogP contribution in [0.25, 0.3) is 21.8 Å². The molecule has 0 saturated carbocycles. The molecule has 40 heavy (non-hydrogen) atoms. The highest BCUT2D eigenvalue weighted by molar-refractivity contribution is 6.19. The van der Waals surface area contributed by atoms with Crippen LogP contribution in [0.1, 0.15) is 46.0 Å². The van der Waals surface area contributed by atoms with E-state index >= 15 is 0 Å². The van der Waals surface area contributed by atoms with Gasteiger partial charge in [0.05, 0.1) is 35.0 Å². The first-order valence-corrected chi connectivity index (χ1v) is 13.2. The number of hydrogen-bond acceptors (Lipinski definition) is 8. The van der Waals surface area contributed by atoms with Crippen LogP contribution >= 0.6 is 0 Å². The zero-order valence-electron chi connectivity index (χ0n) is 22.7. The summed E-state index contributed by atoms with van der Waals surface area (Å²) >= 11 is 0. The maximum absolute atomic E-state index is 12.8. The van der Waals surface area contributed by atoms with Crippen LogP contribution in [-0.2, 0) is 29.6 Å². The second-order valence-corrected chi connectivity index (χ2v) is 9.18. The predicted molar refractivity (Wildman–Crippen MR) is 155 cm³/mol. The van der Waals surface area contributed by atoms with Crippen molar-refractivity contribution in [1.82, 2.24) is 14.5 Å². The van der Waals surface area contributed by atoms with Crippen molar-refractivity contribution in [2.24, 2.45) is 7.05 Å². The molecule has 3 aromatic heterocycles. The molecule has 0 amide bonds. The summed E-state index contributed by atoms with van der Waals surface area (Å²) in [5.41, 5.74) is 3.98. The van der Waals surface area contributed by atoms with Gasteiger partial charge in [0, 0.05) is 20.1 Å². The minimum Gasteiger partial charge on any atom is -0.461 e. The number of hydrogen-bond donors (Lipinski definition) is 2. The monoisotopic (exact) mass is 537 g/mol. The number of carbonyl (C=O) groups excluding carboxylic acids is 2. The smallest absolute Gasteiger partial charge is 0.357 e. The summed E-state index contributed by atoms with van der Waals surface area (Å²) < 4.78 is 12.5. The maximum atomic E-state index is 12.8. The van der Waals surface area contributed by atoms with E-state index in [1.54, 1.807) is 26.0 Å². The molecule has 0 spiro atoms. The number of nitrogens with one attached hydrogen (secondary N) is 2. The molecule has 2 aromatic carbocycles. The van der Waals surface area contributed by atoms with Crippen LogP contribution in [0, 0.1) is 0 Å². The van der Waals surface area contributed by atoms with E-state index in [0.717, 1.165) is 32.9 Å². The SMILES string of the molecule is CCOC(=O)c1cc2c(c(NCc3ccccc3)n1)c1c(NCc3ccccc3)nc(C(=O)OCC)cc1n2C. The van der Waals surface area contributed by atoms with E-state index in [0.29, 0.717) is 24.7 Å². The molecule has 5 rings (SSSR count). The van der Waals surface area contributed by atoms with Gasteiger partial charge in [-0.15, -0.1) is 0 Å². The maximum Gasteiger partial charge on any atom is 0.357 e. The molecular weight excluding hydrogens is 506 g/mol. The van der Waals surface area contributed by atoms with E-state index in [-0.39, 0.29) is 24.6 Å². The molecule has 204 valence electrons. The van der Waals surface area contributed by atoms with Crippen molar-refractivity contribution in [2.75, 3.05) is 23.8 Å². The largest absolute Gasteiger partial charge is 0.461 e. The second kappa shape index (κ2) is 11.9. The average molecular weight is 538 g/mol. The number of ether oxygens (including phenoxy) is 2. The fourth-order valence-electron chi connectivity index (χ4n) is 4.65. The van der Waals surface area contributed by atoms with Crippen LogP contribution in [0.3, 0.4) is 0 Å².